The highest BCUT2D eigenvalue weighted by molar-refractivity contribution is 7.99. The van der Waals surface area contributed by atoms with E-state index in [4.69, 9.17) is 11.6 Å². The van der Waals surface area contributed by atoms with Crippen LogP contribution in [0.1, 0.15) is 12.8 Å². The third-order valence-electron chi connectivity index (χ3n) is 2.47. The monoisotopic (exact) mass is 258 g/mol. The zero-order chi connectivity index (χ0) is 11.4. The first-order chi connectivity index (χ1) is 7.79. The number of hydrogen-bond acceptors (Lipinski definition) is 5. The van der Waals surface area contributed by atoms with Crippen molar-refractivity contribution in [3.05, 3.63) is 11.2 Å². The molecule has 0 amide bonds. The molecule has 2 N–H and O–H groups in total. The Bertz CT molecular complexity index is 355. The predicted molar refractivity (Wildman–Crippen MR) is 70.6 cm³/mol. The Labute approximate surface area is 105 Å². The van der Waals surface area contributed by atoms with Gasteiger partial charge in [0.1, 0.15) is 5.02 Å². The molecule has 1 atom stereocenters. The third-order valence-corrected chi connectivity index (χ3v) is 3.96. The van der Waals surface area contributed by atoms with E-state index in [2.05, 4.69) is 20.6 Å². The van der Waals surface area contributed by atoms with Crippen molar-refractivity contribution in [2.45, 2.75) is 18.9 Å². The number of halogens is 1. The molecule has 1 unspecified atom stereocenters. The van der Waals surface area contributed by atoms with Gasteiger partial charge in [0.15, 0.2) is 5.82 Å². The van der Waals surface area contributed by atoms with Gasteiger partial charge in [-0.3, -0.25) is 0 Å². The van der Waals surface area contributed by atoms with Crippen LogP contribution >= 0.6 is 23.4 Å². The SMILES string of the molecule is CNc1ncc(Cl)c(NC2CCCSC2)n1. The maximum atomic E-state index is 6.05. The van der Waals surface area contributed by atoms with Gasteiger partial charge in [0.05, 0.1) is 6.20 Å². The Hall–Kier alpha value is -0.680. The second-order valence-corrected chi connectivity index (χ2v) is 5.26. The van der Waals surface area contributed by atoms with Crippen LogP contribution in [0.2, 0.25) is 5.02 Å². The number of thioether (sulfide) groups is 1. The number of hydrogen-bond donors (Lipinski definition) is 2. The predicted octanol–water partition coefficient (Wildman–Crippen LogP) is 2.48. The molecule has 1 aliphatic heterocycles. The molecule has 0 aromatic carbocycles. The highest BCUT2D eigenvalue weighted by atomic mass is 35.5. The Morgan fingerprint density at radius 1 is 1.56 bits per heavy atom. The minimum Gasteiger partial charge on any atom is -0.365 e. The minimum atomic E-state index is 0.468. The lowest BCUT2D eigenvalue weighted by atomic mass is 10.2. The zero-order valence-corrected chi connectivity index (χ0v) is 10.7. The molecular formula is C10H15ClN4S. The molecule has 4 nitrogen and oxygen atoms in total. The first-order valence-corrected chi connectivity index (χ1v) is 6.87. The van der Waals surface area contributed by atoms with Crippen molar-refractivity contribution in [3.8, 4) is 0 Å². The summed E-state index contributed by atoms with van der Waals surface area (Å²) >= 11 is 8.02. The standard InChI is InChI=1S/C10H15ClN4S/c1-12-10-13-5-8(11)9(15-10)14-7-3-2-4-16-6-7/h5,7H,2-4,6H2,1H3,(H2,12,13,14,15). The first kappa shape index (κ1) is 11.8. The lowest BCUT2D eigenvalue weighted by Crippen LogP contribution is -2.26. The molecule has 16 heavy (non-hydrogen) atoms. The van der Waals surface area contributed by atoms with E-state index >= 15 is 0 Å². The number of rotatable bonds is 3. The van der Waals surface area contributed by atoms with Crippen LogP contribution in [-0.2, 0) is 0 Å². The molecular weight excluding hydrogens is 244 g/mol. The quantitative estimate of drug-likeness (QED) is 0.872. The second kappa shape index (κ2) is 5.59. The number of aromatic nitrogens is 2. The van der Waals surface area contributed by atoms with Gasteiger partial charge in [0.25, 0.3) is 0 Å². The summed E-state index contributed by atoms with van der Waals surface area (Å²) in [5, 5.41) is 6.86. The van der Waals surface area contributed by atoms with Crippen LogP contribution in [0.5, 0.6) is 0 Å². The Balaban J connectivity index is 2.06. The summed E-state index contributed by atoms with van der Waals surface area (Å²) in [5.41, 5.74) is 0. The van der Waals surface area contributed by atoms with Crippen LogP contribution in [0, 0.1) is 0 Å². The van der Waals surface area contributed by atoms with Crippen molar-refractivity contribution >= 4 is 35.1 Å². The van der Waals surface area contributed by atoms with Gasteiger partial charge in [-0.1, -0.05) is 11.6 Å². The van der Waals surface area contributed by atoms with E-state index in [1.165, 1.54) is 18.6 Å². The minimum absolute atomic E-state index is 0.468. The van der Waals surface area contributed by atoms with Crippen LogP contribution < -0.4 is 10.6 Å². The van der Waals surface area contributed by atoms with E-state index in [-0.39, 0.29) is 0 Å². The van der Waals surface area contributed by atoms with Gasteiger partial charge in [-0.2, -0.15) is 16.7 Å². The Morgan fingerprint density at radius 2 is 2.44 bits per heavy atom. The highest BCUT2D eigenvalue weighted by Gasteiger charge is 2.15. The molecule has 88 valence electrons. The summed E-state index contributed by atoms with van der Waals surface area (Å²) in [7, 11) is 1.80. The van der Waals surface area contributed by atoms with Gasteiger partial charge in [0.2, 0.25) is 5.95 Å². The Kier molecular flexibility index (Phi) is 4.12. The second-order valence-electron chi connectivity index (χ2n) is 3.70. The molecule has 1 aliphatic rings. The first-order valence-electron chi connectivity index (χ1n) is 5.34. The molecule has 2 heterocycles. The van der Waals surface area contributed by atoms with Crippen LogP contribution in [0.25, 0.3) is 0 Å². The molecule has 1 fully saturated rings. The molecule has 0 radical (unpaired) electrons. The van der Waals surface area contributed by atoms with Crippen LogP contribution in [0.3, 0.4) is 0 Å². The molecule has 0 saturated carbocycles. The highest BCUT2D eigenvalue weighted by Crippen LogP contribution is 2.24. The van der Waals surface area contributed by atoms with Gasteiger partial charge in [-0.05, 0) is 18.6 Å². The number of anilines is 2. The maximum absolute atomic E-state index is 6.05. The molecule has 1 aromatic rings. The van der Waals surface area contributed by atoms with Gasteiger partial charge in [-0.15, -0.1) is 0 Å². The van der Waals surface area contributed by atoms with E-state index < -0.39 is 0 Å². The molecule has 0 bridgehead atoms. The summed E-state index contributed by atoms with van der Waals surface area (Å²) in [6.07, 6.45) is 4.06. The smallest absolute Gasteiger partial charge is 0.224 e. The summed E-state index contributed by atoms with van der Waals surface area (Å²) in [6.45, 7) is 0. The van der Waals surface area contributed by atoms with Crippen molar-refractivity contribution < 1.29 is 0 Å². The lowest BCUT2D eigenvalue weighted by molar-refractivity contribution is 0.682. The fourth-order valence-electron chi connectivity index (χ4n) is 1.64. The van der Waals surface area contributed by atoms with Gasteiger partial charge in [0, 0.05) is 18.8 Å². The summed E-state index contributed by atoms with van der Waals surface area (Å²) in [4.78, 5) is 8.36. The fraction of sp³-hybridized carbons (Fsp3) is 0.600. The van der Waals surface area contributed by atoms with Crippen molar-refractivity contribution in [1.29, 1.82) is 0 Å². The average molecular weight is 259 g/mol. The molecule has 2 rings (SSSR count). The Morgan fingerprint density at radius 3 is 3.12 bits per heavy atom. The average Bonchev–Trinajstić information content (AvgIpc) is 2.33. The van der Waals surface area contributed by atoms with Crippen LogP contribution in [0.4, 0.5) is 11.8 Å². The third kappa shape index (κ3) is 2.92. The van der Waals surface area contributed by atoms with E-state index in [1.807, 2.05) is 11.8 Å². The van der Waals surface area contributed by atoms with Crippen molar-refractivity contribution in [2.75, 3.05) is 29.2 Å². The van der Waals surface area contributed by atoms with Crippen molar-refractivity contribution in [3.63, 3.8) is 0 Å². The molecule has 0 aliphatic carbocycles. The summed E-state index contributed by atoms with van der Waals surface area (Å²) < 4.78 is 0. The van der Waals surface area contributed by atoms with Crippen molar-refractivity contribution in [2.24, 2.45) is 0 Å². The zero-order valence-electron chi connectivity index (χ0n) is 9.16. The van der Waals surface area contributed by atoms with Gasteiger partial charge in [-0.25, -0.2) is 4.98 Å². The molecule has 1 aromatic heterocycles. The maximum Gasteiger partial charge on any atom is 0.224 e. The normalized spacial score (nSPS) is 20.5. The van der Waals surface area contributed by atoms with E-state index in [0.29, 0.717) is 17.0 Å². The molecule has 1 saturated heterocycles. The number of nitrogens with zero attached hydrogens (tertiary/aromatic N) is 2. The van der Waals surface area contributed by atoms with Gasteiger partial charge < -0.3 is 10.6 Å². The molecule has 0 spiro atoms. The lowest BCUT2D eigenvalue weighted by Gasteiger charge is -2.23. The molecule has 6 heteroatoms. The fourth-order valence-corrected chi connectivity index (χ4v) is 2.85. The van der Waals surface area contributed by atoms with Crippen LogP contribution in [-0.4, -0.2) is 34.6 Å². The largest absolute Gasteiger partial charge is 0.365 e. The van der Waals surface area contributed by atoms with E-state index in [0.717, 1.165) is 11.6 Å². The van der Waals surface area contributed by atoms with E-state index in [1.54, 1.807) is 13.2 Å². The van der Waals surface area contributed by atoms with Crippen molar-refractivity contribution in [1.82, 2.24) is 9.97 Å². The van der Waals surface area contributed by atoms with Crippen LogP contribution in [0.15, 0.2) is 6.20 Å². The summed E-state index contributed by atoms with van der Waals surface area (Å²) in [5.74, 6) is 3.70. The summed E-state index contributed by atoms with van der Waals surface area (Å²) in [6, 6.07) is 0.468. The van der Waals surface area contributed by atoms with E-state index in [9.17, 15) is 0 Å². The topological polar surface area (TPSA) is 49.8 Å². The van der Waals surface area contributed by atoms with Gasteiger partial charge >= 0.3 is 0 Å². The number of nitrogens with one attached hydrogen (secondary N) is 2.